The summed E-state index contributed by atoms with van der Waals surface area (Å²) in [4.78, 5) is 48.7. The van der Waals surface area contributed by atoms with E-state index in [0.717, 1.165) is 0 Å². The lowest BCUT2D eigenvalue weighted by atomic mass is 10.0. The number of benzene rings is 1. The third-order valence-corrected chi connectivity index (χ3v) is 3.80. The molecule has 0 bridgehead atoms. The van der Waals surface area contributed by atoms with Crippen molar-refractivity contribution in [3.8, 4) is 11.5 Å². The SMILES string of the molecule is CC(=O)[C@H](Cc1ccc(OC(=O)OC(C)(C)C)c(OC(=O)OC(C)(C)C)c1)NC(=O)OC(C)(C)C. The average molecular weight is 496 g/mol. The van der Waals surface area contributed by atoms with Crippen molar-refractivity contribution in [3.63, 3.8) is 0 Å². The topological polar surface area (TPSA) is 126 Å². The molecule has 1 N–H and O–H groups in total. The van der Waals surface area contributed by atoms with E-state index in [-0.39, 0.29) is 23.7 Å². The molecule has 0 spiro atoms. The van der Waals surface area contributed by atoms with Gasteiger partial charge in [0.05, 0.1) is 6.04 Å². The number of Topliss-reactive ketones (excluding diaryl/α,β-unsaturated/α-hetero) is 1. The number of rotatable bonds is 6. The van der Waals surface area contributed by atoms with Gasteiger partial charge >= 0.3 is 18.4 Å². The zero-order valence-electron chi connectivity index (χ0n) is 22.2. The van der Waals surface area contributed by atoms with Crippen LogP contribution < -0.4 is 14.8 Å². The van der Waals surface area contributed by atoms with Crippen molar-refractivity contribution >= 4 is 24.2 Å². The van der Waals surface area contributed by atoms with Gasteiger partial charge in [0.15, 0.2) is 17.3 Å². The first-order valence-corrected chi connectivity index (χ1v) is 11.2. The average Bonchev–Trinajstić information content (AvgIpc) is 2.58. The Kier molecular flexibility index (Phi) is 9.70. The van der Waals surface area contributed by atoms with Crippen LogP contribution in [0.25, 0.3) is 0 Å². The number of hydrogen-bond donors (Lipinski definition) is 1. The van der Waals surface area contributed by atoms with Crippen LogP contribution in [0.4, 0.5) is 14.4 Å². The largest absolute Gasteiger partial charge is 0.514 e. The molecule has 10 nitrogen and oxygen atoms in total. The van der Waals surface area contributed by atoms with E-state index in [0.29, 0.717) is 5.56 Å². The fraction of sp³-hybridized carbons (Fsp3) is 0.600. The summed E-state index contributed by atoms with van der Waals surface area (Å²) in [5.41, 5.74) is -1.85. The first kappa shape index (κ1) is 29.7. The number of carbonyl (C=O) groups is 4. The second-order valence-electron chi connectivity index (χ2n) is 10.9. The Labute approximate surface area is 206 Å². The standard InChI is InChI=1S/C25H37NO9/c1-15(27)17(26-20(28)33-23(2,3)4)13-16-11-12-18(31-21(29)34-24(5,6)7)19(14-16)32-22(30)35-25(8,9)10/h11-12,14,17H,13H2,1-10H3,(H,26,28)/t17-/m0/s1. The Morgan fingerprint density at radius 3 is 1.63 bits per heavy atom. The first-order valence-electron chi connectivity index (χ1n) is 11.2. The van der Waals surface area contributed by atoms with Gasteiger partial charge in [-0.15, -0.1) is 0 Å². The molecule has 0 aliphatic rings. The summed E-state index contributed by atoms with van der Waals surface area (Å²) in [7, 11) is 0. The smallest absolute Gasteiger partial charge is 0.444 e. The van der Waals surface area contributed by atoms with Gasteiger partial charge in [0.1, 0.15) is 16.8 Å². The summed E-state index contributed by atoms with van der Waals surface area (Å²) >= 11 is 0. The van der Waals surface area contributed by atoms with E-state index < -0.39 is 41.2 Å². The zero-order chi connectivity index (χ0) is 27.2. The summed E-state index contributed by atoms with van der Waals surface area (Å²) in [6.07, 6.45) is -2.69. The van der Waals surface area contributed by atoms with Crippen LogP contribution >= 0.6 is 0 Å². The van der Waals surface area contributed by atoms with Crippen LogP contribution in [0.1, 0.15) is 74.8 Å². The van der Waals surface area contributed by atoms with Crippen LogP contribution in [0.3, 0.4) is 0 Å². The van der Waals surface area contributed by atoms with E-state index >= 15 is 0 Å². The van der Waals surface area contributed by atoms with Crippen LogP contribution in [0.5, 0.6) is 11.5 Å². The Morgan fingerprint density at radius 1 is 0.743 bits per heavy atom. The number of nitrogens with one attached hydrogen (secondary N) is 1. The van der Waals surface area contributed by atoms with Crippen LogP contribution in [-0.4, -0.2) is 47.0 Å². The Balaban J connectivity index is 3.19. The number of amides is 1. The molecule has 1 aromatic rings. The van der Waals surface area contributed by atoms with E-state index in [1.54, 1.807) is 68.4 Å². The molecule has 0 radical (unpaired) electrons. The maximum Gasteiger partial charge on any atom is 0.514 e. The molecular formula is C25H37NO9. The van der Waals surface area contributed by atoms with E-state index in [4.69, 9.17) is 23.7 Å². The summed E-state index contributed by atoms with van der Waals surface area (Å²) in [6, 6.07) is 3.46. The maximum atomic E-state index is 12.3. The molecule has 35 heavy (non-hydrogen) atoms. The molecule has 0 saturated carbocycles. The molecule has 0 aliphatic heterocycles. The Hall–Kier alpha value is -3.30. The molecule has 10 heteroatoms. The lowest BCUT2D eigenvalue weighted by Crippen LogP contribution is -2.43. The van der Waals surface area contributed by atoms with Crippen LogP contribution in [0, 0.1) is 0 Å². The molecule has 0 aliphatic carbocycles. The lowest BCUT2D eigenvalue weighted by molar-refractivity contribution is -0.119. The van der Waals surface area contributed by atoms with E-state index in [2.05, 4.69) is 5.32 Å². The molecule has 0 heterocycles. The second kappa shape index (κ2) is 11.4. The van der Waals surface area contributed by atoms with Crippen molar-refractivity contribution in [2.45, 2.75) is 98.5 Å². The van der Waals surface area contributed by atoms with Crippen molar-refractivity contribution < 1.29 is 42.9 Å². The monoisotopic (exact) mass is 495 g/mol. The fourth-order valence-electron chi connectivity index (χ4n) is 2.55. The Morgan fingerprint density at radius 2 is 1.20 bits per heavy atom. The predicted octanol–water partition coefficient (Wildman–Crippen LogP) is 5.34. The highest BCUT2D eigenvalue weighted by atomic mass is 16.8. The molecule has 196 valence electrons. The molecule has 1 atom stereocenters. The number of hydrogen-bond acceptors (Lipinski definition) is 9. The lowest BCUT2D eigenvalue weighted by Gasteiger charge is -2.23. The fourth-order valence-corrected chi connectivity index (χ4v) is 2.55. The highest BCUT2D eigenvalue weighted by Gasteiger charge is 2.26. The molecular weight excluding hydrogens is 458 g/mol. The molecule has 0 saturated heterocycles. The minimum Gasteiger partial charge on any atom is -0.444 e. The van der Waals surface area contributed by atoms with Gasteiger partial charge in [-0.2, -0.15) is 0 Å². The van der Waals surface area contributed by atoms with Crippen LogP contribution in [0.2, 0.25) is 0 Å². The Bertz CT molecular complexity index is 934. The second-order valence-corrected chi connectivity index (χ2v) is 10.9. The molecule has 1 aromatic carbocycles. The summed E-state index contributed by atoms with van der Waals surface area (Å²) < 4.78 is 26.1. The van der Waals surface area contributed by atoms with Crippen molar-refractivity contribution in [1.29, 1.82) is 0 Å². The third kappa shape index (κ3) is 12.7. The molecule has 0 fully saturated rings. The molecule has 1 rings (SSSR count). The third-order valence-electron chi connectivity index (χ3n) is 3.80. The highest BCUT2D eigenvalue weighted by molar-refractivity contribution is 5.85. The van der Waals surface area contributed by atoms with E-state index in [1.165, 1.54) is 19.1 Å². The van der Waals surface area contributed by atoms with Crippen molar-refractivity contribution in [2.75, 3.05) is 0 Å². The van der Waals surface area contributed by atoms with Crippen molar-refractivity contribution in [3.05, 3.63) is 23.8 Å². The van der Waals surface area contributed by atoms with Gasteiger partial charge in [-0.3, -0.25) is 4.79 Å². The number of ether oxygens (including phenoxy) is 5. The number of alkyl carbamates (subject to hydrolysis) is 1. The zero-order valence-corrected chi connectivity index (χ0v) is 22.2. The van der Waals surface area contributed by atoms with E-state index in [9.17, 15) is 19.2 Å². The summed E-state index contributed by atoms with van der Waals surface area (Å²) in [6.45, 7) is 16.5. The van der Waals surface area contributed by atoms with Crippen LogP contribution in [0.15, 0.2) is 18.2 Å². The van der Waals surface area contributed by atoms with Crippen molar-refractivity contribution in [1.82, 2.24) is 5.32 Å². The normalized spacial score (nSPS) is 12.7. The minimum absolute atomic E-state index is 0.0615. The van der Waals surface area contributed by atoms with Gasteiger partial charge in [0.2, 0.25) is 0 Å². The highest BCUT2D eigenvalue weighted by Crippen LogP contribution is 2.31. The predicted molar refractivity (Wildman–Crippen MR) is 128 cm³/mol. The first-order chi connectivity index (χ1) is 15.7. The summed E-state index contributed by atoms with van der Waals surface area (Å²) in [5.74, 6) is -0.518. The summed E-state index contributed by atoms with van der Waals surface area (Å²) in [5, 5.41) is 2.54. The molecule has 1 amide bonds. The van der Waals surface area contributed by atoms with Gasteiger partial charge in [-0.05, 0) is 93.4 Å². The van der Waals surface area contributed by atoms with Gasteiger partial charge in [-0.1, -0.05) is 6.07 Å². The molecule has 0 aromatic heterocycles. The molecule has 0 unspecified atom stereocenters. The minimum atomic E-state index is -1.02. The van der Waals surface area contributed by atoms with Gasteiger partial charge in [0.25, 0.3) is 0 Å². The van der Waals surface area contributed by atoms with Gasteiger partial charge < -0.3 is 29.0 Å². The maximum absolute atomic E-state index is 12.3. The van der Waals surface area contributed by atoms with Gasteiger partial charge in [0, 0.05) is 0 Å². The number of ketones is 1. The van der Waals surface area contributed by atoms with Gasteiger partial charge in [-0.25, -0.2) is 14.4 Å². The van der Waals surface area contributed by atoms with E-state index in [1.807, 2.05) is 0 Å². The van der Waals surface area contributed by atoms with Crippen LogP contribution in [-0.2, 0) is 25.4 Å². The van der Waals surface area contributed by atoms with Crippen molar-refractivity contribution in [2.24, 2.45) is 0 Å². The quantitative estimate of drug-likeness (QED) is 0.316. The number of carbonyl (C=O) groups excluding carboxylic acids is 4.